The number of carbonyl (C=O) groups is 3. The molecule has 3 rings (SSSR count). The average molecular weight is 409 g/mol. The molecule has 7 nitrogen and oxygen atoms in total. The Balaban J connectivity index is 1.41. The van der Waals surface area contributed by atoms with Crippen molar-refractivity contribution in [3.05, 3.63) is 66.1 Å². The monoisotopic (exact) mass is 409 g/mol. The van der Waals surface area contributed by atoms with Crippen LogP contribution in [0.1, 0.15) is 31.1 Å². The van der Waals surface area contributed by atoms with E-state index in [1.54, 1.807) is 30.2 Å². The van der Waals surface area contributed by atoms with E-state index in [1.807, 2.05) is 36.4 Å². The van der Waals surface area contributed by atoms with Crippen molar-refractivity contribution >= 4 is 23.8 Å². The van der Waals surface area contributed by atoms with Crippen molar-refractivity contribution in [1.29, 1.82) is 0 Å². The number of nitrogens with zero attached hydrogens (tertiary/aromatic N) is 1. The average Bonchev–Trinajstić information content (AvgIpc) is 3.30. The topological polar surface area (TPSA) is 91.7 Å². The highest BCUT2D eigenvalue weighted by Gasteiger charge is 2.29. The van der Waals surface area contributed by atoms with Crippen LogP contribution in [-0.2, 0) is 20.9 Å². The van der Waals surface area contributed by atoms with Crippen LogP contribution in [0.3, 0.4) is 0 Å². The first-order valence-electron chi connectivity index (χ1n) is 10.2. The van der Waals surface area contributed by atoms with Crippen LogP contribution in [0.5, 0.6) is 0 Å². The first-order chi connectivity index (χ1) is 14.5. The Morgan fingerprint density at radius 2 is 1.87 bits per heavy atom. The van der Waals surface area contributed by atoms with Crippen LogP contribution in [-0.4, -0.2) is 41.8 Å². The third kappa shape index (κ3) is 6.07. The minimum Gasteiger partial charge on any atom is -0.467 e. The Morgan fingerprint density at radius 3 is 2.53 bits per heavy atom. The molecule has 158 valence electrons. The zero-order valence-corrected chi connectivity index (χ0v) is 17.0. The summed E-state index contributed by atoms with van der Waals surface area (Å²) in [4.78, 5) is 38.8. The third-order valence-electron chi connectivity index (χ3n) is 5.15. The lowest BCUT2D eigenvalue weighted by molar-refractivity contribution is -0.138. The van der Waals surface area contributed by atoms with Gasteiger partial charge < -0.3 is 20.0 Å². The van der Waals surface area contributed by atoms with Gasteiger partial charge in [0.1, 0.15) is 11.8 Å². The van der Waals surface area contributed by atoms with Crippen molar-refractivity contribution in [3.63, 3.8) is 0 Å². The van der Waals surface area contributed by atoms with Gasteiger partial charge in [-0.2, -0.15) is 0 Å². The van der Waals surface area contributed by atoms with Gasteiger partial charge in [-0.25, -0.2) is 0 Å². The highest BCUT2D eigenvalue weighted by atomic mass is 16.3. The normalized spacial score (nSPS) is 15.7. The van der Waals surface area contributed by atoms with Gasteiger partial charge in [-0.15, -0.1) is 0 Å². The van der Waals surface area contributed by atoms with E-state index in [2.05, 4.69) is 10.6 Å². The van der Waals surface area contributed by atoms with Crippen LogP contribution in [0.4, 0.5) is 0 Å². The van der Waals surface area contributed by atoms with E-state index >= 15 is 0 Å². The summed E-state index contributed by atoms with van der Waals surface area (Å²) < 4.78 is 5.21. The smallest absolute Gasteiger partial charge is 0.244 e. The first-order valence-corrected chi connectivity index (χ1v) is 10.2. The molecule has 0 spiro atoms. The zero-order valence-electron chi connectivity index (χ0n) is 17.0. The molecule has 0 aliphatic carbocycles. The number of rotatable bonds is 7. The Labute approximate surface area is 176 Å². The molecule has 1 aliphatic rings. The van der Waals surface area contributed by atoms with Gasteiger partial charge in [0.25, 0.3) is 0 Å². The molecule has 1 atom stereocenters. The fourth-order valence-corrected chi connectivity index (χ4v) is 3.43. The molecular formula is C23H27N3O4. The molecule has 2 aromatic rings. The number of likely N-dealkylation sites (tertiary alicyclic amines) is 1. The van der Waals surface area contributed by atoms with Crippen molar-refractivity contribution in [3.8, 4) is 0 Å². The number of furan rings is 1. The molecule has 1 unspecified atom stereocenters. The summed E-state index contributed by atoms with van der Waals surface area (Å²) in [7, 11) is 0. The maximum absolute atomic E-state index is 12.6. The molecule has 1 aromatic heterocycles. The van der Waals surface area contributed by atoms with E-state index in [9.17, 15) is 14.4 Å². The summed E-state index contributed by atoms with van der Waals surface area (Å²) >= 11 is 0. The second-order valence-electron chi connectivity index (χ2n) is 7.37. The second-order valence-corrected chi connectivity index (χ2v) is 7.37. The van der Waals surface area contributed by atoms with Crippen LogP contribution in [0.15, 0.2) is 59.2 Å². The maximum Gasteiger partial charge on any atom is 0.244 e. The lowest BCUT2D eigenvalue weighted by Gasteiger charge is -2.33. The van der Waals surface area contributed by atoms with E-state index < -0.39 is 6.04 Å². The predicted molar refractivity (Wildman–Crippen MR) is 113 cm³/mol. The van der Waals surface area contributed by atoms with Crippen molar-refractivity contribution < 1.29 is 18.8 Å². The molecule has 1 fully saturated rings. The molecule has 2 heterocycles. The number of piperidine rings is 1. The van der Waals surface area contributed by atoms with E-state index in [-0.39, 0.29) is 23.6 Å². The molecular weight excluding hydrogens is 382 g/mol. The predicted octanol–water partition coefficient (Wildman–Crippen LogP) is 2.35. The van der Waals surface area contributed by atoms with Gasteiger partial charge in [-0.3, -0.25) is 14.4 Å². The summed E-state index contributed by atoms with van der Waals surface area (Å²) in [6.07, 6.45) is 5.91. The zero-order chi connectivity index (χ0) is 21.3. The number of hydrogen-bond acceptors (Lipinski definition) is 4. The molecule has 2 N–H and O–H groups in total. The number of amides is 3. The van der Waals surface area contributed by atoms with Gasteiger partial charge in [0, 0.05) is 25.1 Å². The van der Waals surface area contributed by atoms with Crippen molar-refractivity contribution in [2.45, 2.75) is 32.4 Å². The molecule has 3 amide bonds. The van der Waals surface area contributed by atoms with Crippen LogP contribution in [0.25, 0.3) is 6.08 Å². The first kappa shape index (κ1) is 21.4. The van der Waals surface area contributed by atoms with Crippen LogP contribution in [0.2, 0.25) is 0 Å². The molecule has 0 saturated carbocycles. The molecule has 7 heteroatoms. The Kier molecular flexibility index (Phi) is 7.43. The van der Waals surface area contributed by atoms with Gasteiger partial charge in [0.15, 0.2) is 0 Å². The van der Waals surface area contributed by atoms with E-state index in [4.69, 9.17) is 4.42 Å². The highest BCUT2D eigenvalue weighted by Crippen LogP contribution is 2.18. The summed E-state index contributed by atoms with van der Waals surface area (Å²) in [5, 5.41) is 5.58. The molecule has 30 heavy (non-hydrogen) atoms. The van der Waals surface area contributed by atoms with Crippen LogP contribution < -0.4 is 10.6 Å². The minimum absolute atomic E-state index is 0.0223. The van der Waals surface area contributed by atoms with Crippen molar-refractivity contribution in [2.24, 2.45) is 5.92 Å². The quantitative estimate of drug-likeness (QED) is 0.687. The van der Waals surface area contributed by atoms with Gasteiger partial charge in [0.05, 0.1) is 12.8 Å². The number of nitrogens with one attached hydrogen (secondary N) is 2. The van der Waals surface area contributed by atoms with Crippen LogP contribution >= 0.6 is 0 Å². The van der Waals surface area contributed by atoms with E-state index in [1.165, 1.54) is 6.08 Å². The molecule has 0 radical (unpaired) electrons. The Bertz CT molecular complexity index is 869. The highest BCUT2D eigenvalue weighted by molar-refractivity contribution is 5.95. The number of benzene rings is 1. The van der Waals surface area contributed by atoms with Gasteiger partial charge in [0.2, 0.25) is 17.7 Å². The lowest BCUT2D eigenvalue weighted by atomic mass is 9.95. The van der Waals surface area contributed by atoms with Gasteiger partial charge >= 0.3 is 0 Å². The number of hydrogen-bond donors (Lipinski definition) is 2. The van der Waals surface area contributed by atoms with Crippen LogP contribution in [0, 0.1) is 5.92 Å². The molecule has 1 aliphatic heterocycles. The summed E-state index contributed by atoms with van der Waals surface area (Å²) in [5.74, 6) is 0.119. The van der Waals surface area contributed by atoms with Crippen molar-refractivity contribution in [1.82, 2.24) is 15.5 Å². The number of carbonyl (C=O) groups excluding carboxylic acids is 3. The van der Waals surface area contributed by atoms with E-state index in [0.717, 1.165) is 5.56 Å². The Hall–Kier alpha value is -3.35. The van der Waals surface area contributed by atoms with E-state index in [0.29, 0.717) is 38.2 Å². The maximum atomic E-state index is 12.6. The second kappa shape index (κ2) is 10.4. The Morgan fingerprint density at radius 1 is 1.13 bits per heavy atom. The van der Waals surface area contributed by atoms with Crippen molar-refractivity contribution in [2.75, 3.05) is 13.1 Å². The summed E-state index contributed by atoms with van der Waals surface area (Å²) in [6, 6.07) is 12.5. The standard InChI is InChI=1S/C23H27N3O4/c1-17(25-21(27)10-9-18-6-3-2-4-7-18)23(29)26-13-11-19(12-14-26)22(28)24-16-20-8-5-15-30-20/h2-10,15,17,19H,11-14,16H2,1H3,(H,24,28)(H,25,27)/b10-9+. The third-order valence-corrected chi connectivity index (χ3v) is 5.15. The fraction of sp³-hybridized carbons (Fsp3) is 0.348. The lowest BCUT2D eigenvalue weighted by Crippen LogP contribution is -2.50. The van der Waals surface area contributed by atoms with Gasteiger partial charge in [-0.05, 0) is 43.5 Å². The fourth-order valence-electron chi connectivity index (χ4n) is 3.43. The molecule has 0 bridgehead atoms. The SMILES string of the molecule is CC(NC(=O)/C=C/c1ccccc1)C(=O)N1CCC(C(=O)NCc2ccco2)CC1. The van der Waals surface area contributed by atoms with Gasteiger partial charge in [-0.1, -0.05) is 30.3 Å². The molecule has 1 saturated heterocycles. The molecule has 1 aromatic carbocycles. The summed E-state index contributed by atoms with van der Waals surface area (Å²) in [6.45, 7) is 3.04. The minimum atomic E-state index is -0.623. The summed E-state index contributed by atoms with van der Waals surface area (Å²) in [5.41, 5.74) is 0.916. The largest absolute Gasteiger partial charge is 0.467 e.